The Morgan fingerprint density at radius 1 is 1.54 bits per heavy atom. The molecule has 0 aliphatic heterocycles. The van der Waals surface area contributed by atoms with Gasteiger partial charge < -0.3 is 5.32 Å². The van der Waals surface area contributed by atoms with E-state index >= 15 is 0 Å². The van der Waals surface area contributed by atoms with Crippen LogP contribution in [0.3, 0.4) is 0 Å². The summed E-state index contributed by atoms with van der Waals surface area (Å²) in [5, 5.41) is 8.43. The molecule has 0 saturated carbocycles. The van der Waals surface area contributed by atoms with Gasteiger partial charge in [0, 0.05) is 25.5 Å². The molecule has 0 unspecified atom stereocenters. The Balaban J connectivity index is 2.72. The van der Waals surface area contributed by atoms with Gasteiger partial charge in [0.15, 0.2) is 5.65 Å². The van der Waals surface area contributed by atoms with Crippen molar-refractivity contribution < 1.29 is 0 Å². The fourth-order valence-electron chi connectivity index (χ4n) is 1.43. The molecule has 4 heteroatoms. The number of hydrogen-bond donors (Lipinski definition) is 1. The third-order valence-corrected chi connectivity index (χ3v) is 2.11. The number of fused-ring (bicyclic) bond motifs is 1. The van der Waals surface area contributed by atoms with Crippen molar-refractivity contribution in [3.63, 3.8) is 0 Å². The molecule has 0 fully saturated rings. The van der Waals surface area contributed by atoms with Crippen LogP contribution in [0.15, 0.2) is 18.5 Å². The highest BCUT2D eigenvalue weighted by molar-refractivity contribution is 5.88. The van der Waals surface area contributed by atoms with Gasteiger partial charge in [0.2, 0.25) is 0 Å². The van der Waals surface area contributed by atoms with Crippen LogP contribution < -0.4 is 5.32 Å². The van der Waals surface area contributed by atoms with E-state index in [4.69, 9.17) is 0 Å². The molecule has 2 aromatic heterocycles. The second-order valence-electron chi connectivity index (χ2n) is 2.81. The van der Waals surface area contributed by atoms with E-state index in [1.165, 1.54) is 0 Å². The molecule has 0 aliphatic rings. The summed E-state index contributed by atoms with van der Waals surface area (Å²) in [6, 6.07) is 1.95. The van der Waals surface area contributed by atoms with Crippen molar-refractivity contribution >= 4 is 16.7 Å². The predicted octanol–water partition coefficient (Wildman–Crippen LogP) is 1.49. The highest BCUT2D eigenvalue weighted by atomic mass is 15.3. The molecule has 68 valence electrons. The Morgan fingerprint density at radius 2 is 2.38 bits per heavy atom. The Kier molecular flexibility index (Phi) is 1.88. The van der Waals surface area contributed by atoms with Crippen LogP contribution in [0.4, 0.5) is 5.69 Å². The predicted molar refractivity (Wildman–Crippen MR) is 52.7 cm³/mol. The van der Waals surface area contributed by atoms with E-state index in [0.717, 1.165) is 23.3 Å². The average Bonchev–Trinajstić information content (AvgIpc) is 2.60. The van der Waals surface area contributed by atoms with Gasteiger partial charge in [-0.15, -0.1) is 0 Å². The Bertz CT molecular complexity index is 418. The van der Waals surface area contributed by atoms with Crippen molar-refractivity contribution in [1.29, 1.82) is 0 Å². The zero-order valence-corrected chi connectivity index (χ0v) is 7.78. The van der Waals surface area contributed by atoms with Crippen molar-refractivity contribution in [2.75, 3.05) is 12.4 Å². The van der Waals surface area contributed by atoms with Gasteiger partial charge in [-0.05, 0) is 13.0 Å². The van der Waals surface area contributed by atoms with E-state index < -0.39 is 0 Å². The minimum atomic E-state index is 0.851. The van der Waals surface area contributed by atoms with Gasteiger partial charge in [0.05, 0.1) is 11.6 Å². The van der Waals surface area contributed by atoms with Crippen LogP contribution in [-0.4, -0.2) is 21.8 Å². The van der Waals surface area contributed by atoms with Crippen molar-refractivity contribution in [2.24, 2.45) is 0 Å². The van der Waals surface area contributed by atoms with Gasteiger partial charge in [-0.2, -0.15) is 5.10 Å². The Hall–Kier alpha value is -1.58. The monoisotopic (exact) mass is 176 g/mol. The molecule has 13 heavy (non-hydrogen) atoms. The zero-order valence-electron chi connectivity index (χ0n) is 7.78. The highest BCUT2D eigenvalue weighted by Crippen LogP contribution is 2.19. The fraction of sp³-hybridized carbons (Fsp3) is 0.333. The summed E-state index contributed by atoms with van der Waals surface area (Å²) in [5.74, 6) is 0. The SMILES string of the molecule is CCn1ncc2c(NC)ccnc21. The quantitative estimate of drug-likeness (QED) is 0.753. The molecule has 4 nitrogen and oxygen atoms in total. The first-order valence-electron chi connectivity index (χ1n) is 4.35. The van der Waals surface area contributed by atoms with Crippen molar-refractivity contribution in [3.05, 3.63) is 18.5 Å². The van der Waals surface area contributed by atoms with E-state index in [1.54, 1.807) is 6.20 Å². The maximum Gasteiger partial charge on any atom is 0.159 e. The normalized spacial score (nSPS) is 10.6. The molecule has 0 radical (unpaired) electrons. The molecular weight excluding hydrogens is 164 g/mol. The average molecular weight is 176 g/mol. The maximum atomic E-state index is 4.28. The molecule has 2 aromatic rings. The lowest BCUT2D eigenvalue weighted by Gasteiger charge is -2.01. The van der Waals surface area contributed by atoms with Crippen LogP contribution in [-0.2, 0) is 6.54 Å². The van der Waals surface area contributed by atoms with Crippen LogP contribution in [0.25, 0.3) is 11.0 Å². The fourth-order valence-corrected chi connectivity index (χ4v) is 1.43. The first kappa shape index (κ1) is 8.04. The van der Waals surface area contributed by atoms with Crippen LogP contribution in [0.2, 0.25) is 0 Å². The number of nitrogens with zero attached hydrogens (tertiary/aromatic N) is 3. The van der Waals surface area contributed by atoms with Gasteiger partial charge in [0.1, 0.15) is 0 Å². The number of hydrogen-bond acceptors (Lipinski definition) is 3. The van der Waals surface area contributed by atoms with E-state index in [1.807, 2.05) is 24.0 Å². The summed E-state index contributed by atoms with van der Waals surface area (Å²) in [6.45, 7) is 2.91. The molecule has 0 amide bonds. The summed E-state index contributed by atoms with van der Waals surface area (Å²) in [5.41, 5.74) is 2.01. The van der Waals surface area contributed by atoms with Crippen molar-refractivity contribution in [2.45, 2.75) is 13.5 Å². The zero-order chi connectivity index (χ0) is 9.26. The number of rotatable bonds is 2. The summed E-state index contributed by atoms with van der Waals surface area (Å²) in [7, 11) is 1.90. The van der Waals surface area contributed by atoms with E-state index in [9.17, 15) is 0 Å². The molecule has 2 heterocycles. The second-order valence-corrected chi connectivity index (χ2v) is 2.81. The van der Waals surface area contributed by atoms with Crippen LogP contribution in [0.5, 0.6) is 0 Å². The first-order valence-corrected chi connectivity index (χ1v) is 4.35. The smallest absolute Gasteiger partial charge is 0.159 e. The standard InChI is InChI=1S/C9H12N4/c1-3-13-9-7(6-12-13)8(10-2)4-5-11-9/h4-6H,3H2,1-2H3,(H,10,11). The summed E-state index contributed by atoms with van der Waals surface area (Å²) < 4.78 is 1.89. The molecule has 0 atom stereocenters. The van der Waals surface area contributed by atoms with Crippen molar-refractivity contribution in [1.82, 2.24) is 14.8 Å². The number of aromatic nitrogens is 3. The maximum absolute atomic E-state index is 4.28. The molecule has 0 aliphatic carbocycles. The first-order chi connectivity index (χ1) is 6.36. The lowest BCUT2D eigenvalue weighted by molar-refractivity contribution is 0.677. The van der Waals surface area contributed by atoms with Gasteiger partial charge in [-0.1, -0.05) is 0 Å². The van der Waals surface area contributed by atoms with Gasteiger partial charge in [-0.3, -0.25) is 0 Å². The summed E-state index contributed by atoms with van der Waals surface area (Å²) >= 11 is 0. The molecular formula is C9H12N4. The van der Waals surface area contributed by atoms with Crippen molar-refractivity contribution in [3.8, 4) is 0 Å². The van der Waals surface area contributed by atoms with Crippen LogP contribution in [0.1, 0.15) is 6.92 Å². The molecule has 0 bridgehead atoms. The summed E-state index contributed by atoms with van der Waals surface area (Å²) in [4.78, 5) is 4.28. The van der Waals surface area contributed by atoms with Crippen LogP contribution in [0, 0.1) is 0 Å². The van der Waals surface area contributed by atoms with E-state index in [-0.39, 0.29) is 0 Å². The van der Waals surface area contributed by atoms with Gasteiger partial charge in [-0.25, -0.2) is 9.67 Å². The highest BCUT2D eigenvalue weighted by Gasteiger charge is 2.04. The van der Waals surface area contributed by atoms with Gasteiger partial charge >= 0.3 is 0 Å². The molecule has 2 rings (SSSR count). The lowest BCUT2D eigenvalue weighted by Crippen LogP contribution is -1.97. The third-order valence-electron chi connectivity index (χ3n) is 2.11. The number of aryl methyl sites for hydroxylation is 1. The number of anilines is 1. The third kappa shape index (κ3) is 1.14. The Morgan fingerprint density at radius 3 is 3.08 bits per heavy atom. The van der Waals surface area contributed by atoms with E-state index in [2.05, 4.69) is 22.3 Å². The lowest BCUT2D eigenvalue weighted by atomic mass is 10.3. The minimum absolute atomic E-state index is 0.851. The van der Waals surface area contributed by atoms with Crippen LogP contribution >= 0.6 is 0 Å². The molecule has 0 spiro atoms. The Labute approximate surface area is 76.6 Å². The van der Waals surface area contributed by atoms with Gasteiger partial charge in [0.25, 0.3) is 0 Å². The minimum Gasteiger partial charge on any atom is -0.387 e. The van der Waals surface area contributed by atoms with E-state index in [0.29, 0.717) is 0 Å². The topological polar surface area (TPSA) is 42.7 Å². The molecule has 1 N–H and O–H groups in total. The molecule has 0 saturated heterocycles. The second kappa shape index (κ2) is 3.05. The number of pyridine rings is 1. The summed E-state index contributed by atoms with van der Waals surface area (Å²) in [6.07, 6.45) is 3.64. The largest absolute Gasteiger partial charge is 0.387 e. The molecule has 0 aromatic carbocycles. The number of nitrogens with one attached hydrogen (secondary N) is 1.